The number of methoxy groups -OCH3 is 1. The van der Waals surface area contributed by atoms with Crippen LogP contribution < -0.4 is 14.8 Å². The molecule has 2 aromatic rings. The fraction of sp³-hybridized carbons (Fsp3) is 0.222. The zero-order valence-electron chi connectivity index (χ0n) is 15.1. The van der Waals surface area contributed by atoms with Crippen molar-refractivity contribution in [3.63, 3.8) is 0 Å². The molecule has 10 heteroatoms. The number of ether oxygens (including phenoxy) is 2. The summed E-state index contributed by atoms with van der Waals surface area (Å²) in [7, 11) is -2.52. The van der Waals surface area contributed by atoms with Gasteiger partial charge in [0.15, 0.2) is 6.61 Å². The highest BCUT2D eigenvalue weighted by atomic mass is 32.2. The number of anilines is 1. The molecule has 0 fully saturated rings. The van der Waals surface area contributed by atoms with Gasteiger partial charge in [0, 0.05) is 5.69 Å². The van der Waals surface area contributed by atoms with E-state index in [1.165, 1.54) is 56.5 Å². The van der Waals surface area contributed by atoms with Gasteiger partial charge in [0.2, 0.25) is 10.0 Å². The Morgan fingerprint density at radius 2 is 1.82 bits per heavy atom. The first-order valence-electron chi connectivity index (χ1n) is 8.09. The van der Waals surface area contributed by atoms with E-state index in [2.05, 4.69) is 10.0 Å². The van der Waals surface area contributed by atoms with Crippen LogP contribution in [0, 0.1) is 5.82 Å². The third kappa shape index (κ3) is 6.03. The first-order valence-corrected chi connectivity index (χ1v) is 9.58. The van der Waals surface area contributed by atoms with Crippen LogP contribution >= 0.6 is 0 Å². The van der Waals surface area contributed by atoms with E-state index in [4.69, 9.17) is 9.47 Å². The standard InChI is InChI=1S/C18H19FN2O6S/c1-12(21-28(24,25)16-8-6-15(26-2)7-9-16)18(23)27-11-17(22)20-14-5-3-4-13(19)10-14/h3-10,12,21H,11H2,1-2H3,(H,20,22)/t12-/m0/s1. The molecule has 2 N–H and O–H groups in total. The average Bonchev–Trinajstić information content (AvgIpc) is 2.65. The SMILES string of the molecule is COc1ccc(S(=O)(=O)N[C@@H](C)C(=O)OCC(=O)Nc2cccc(F)c2)cc1. The topological polar surface area (TPSA) is 111 Å². The van der Waals surface area contributed by atoms with E-state index in [0.29, 0.717) is 5.75 Å². The number of hydrogen-bond acceptors (Lipinski definition) is 6. The van der Waals surface area contributed by atoms with E-state index in [1.54, 1.807) is 0 Å². The molecule has 150 valence electrons. The molecule has 28 heavy (non-hydrogen) atoms. The van der Waals surface area contributed by atoms with Crippen LogP contribution in [0.2, 0.25) is 0 Å². The van der Waals surface area contributed by atoms with Crippen molar-refractivity contribution in [1.29, 1.82) is 0 Å². The van der Waals surface area contributed by atoms with E-state index in [9.17, 15) is 22.4 Å². The van der Waals surface area contributed by atoms with Gasteiger partial charge in [-0.2, -0.15) is 4.72 Å². The van der Waals surface area contributed by atoms with Gasteiger partial charge in [0.25, 0.3) is 5.91 Å². The van der Waals surface area contributed by atoms with E-state index in [1.807, 2.05) is 0 Å². The molecule has 0 saturated carbocycles. The van der Waals surface area contributed by atoms with Gasteiger partial charge in [-0.3, -0.25) is 9.59 Å². The Labute approximate surface area is 161 Å². The number of rotatable bonds is 8. The molecule has 0 aromatic heterocycles. The van der Waals surface area contributed by atoms with Crippen molar-refractivity contribution < 1.29 is 31.9 Å². The maximum atomic E-state index is 13.1. The van der Waals surface area contributed by atoms with Crippen LogP contribution in [-0.4, -0.2) is 40.1 Å². The number of halogens is 1. The fourth-order valence-electron chi connectivity index (χ4n) is 2.13. The molecule has 0 aliphatic rings. The maximum absolute atomic E-state index is 13.1. The van der Waals surface area contributed by atoms with Gasteiger partial charge >= 0.3 is 5.97 Å². The lowest BCUT2D eigenvalue weighted by Crippen LogP contribution is -2.40. The van der Waals surface area contributed by atoms with Gasteiger partial charge in [-0.1, -0.05) is 6.07 Å². The van der Waals surface area contributed by atoms with Gasteiger partial charge in [0.1, 0.15) is 17.6 Å². The average molecular weight is 410 g/mol. The van der Waals surface area contributed by atoms with E-state index in [0.717, 1.165) is 6.07 Å². The summed E-state index contributed by atoms with van der Waals surface area (Å²) in [6, 6.07) is 9.55. The molecule has 8 nitrogen and oxygen atoms in total. The molecule has 0 aliphatic carbocycles. The molecular formula is C18H19FN2O6S. The van der Waals surface area contributed by atoms with Crippen molar-refractivity contribution in [3.8, 4) is 5.75 Å². The quantitative estimate of drug-likeness (QED) is 0.641. The molecule has 2 rings (SSSR count). The van der Waals surface area contributed by atoms with Gasteiger partial charge < -0.3 is 14.8 Å². The summed E-state index contributed by atoms with van der Waals surface area (Å²) in [5.41, 5.74) is 0.203. The third-order valence-electron chi connectivity index (χ3n) is 3.51. The largest absolute Gasteiger partial charge is 0.497 e. The van der Waals surface area contributed by atoms with Crippen LogP contribution in [0.15, 0.2) is 53.4 Å². The Kier molecular flexibility index (Phi) is 7.07. The number of esters is 1. The summed E-state index contributed by atoms with van der Waals surface area (Å²) >= 11 is 0. The second kappa shape index (κ2) is 9.29. The molecule has 0 bridgehead atoms. The maximum Gasteiger partial charge on any atom is 0.324 e. The predicted octanol–water partition coefficient (Wildman–Crippen LogP) is 1.68. The van der Waals surface area contributed by atoms with Crippen molar-refractivity contribution in [2.45, 2.75) is 17.9 Å². The predicted molar refractivity (Wildman–Crippen MR) is 98.8 cm³/mol. The summed E-state index contributed by atoms with van der Waals surface area (Å²) in [6.45, 7) is 0.637. The minimum atomic E-state index is -3.97. The number of amides is 1. The first kappa shape index (κ1) is 21.3. The second-order valence-electron chi connectivity index (χ2n) is 5.68. The van der Waals surface area contributed by atoms with Crippen molar-refractivity contribution in [2.24, 2.45) is 0 Å². The molecule has 0 unspecified atom stereocenters. The van der Waals surface area contributed by atoms with E-state index in [-0.39, 0.29) is 10.6 Å². The molecule has 0 saturated heterocycles. The molecule has 0 spiro atoms. The first-order chi connectivity index (χ1) is 13.2. The van der Waals surface area contributed by atoms with Crippen LogP contribution in [-0.2, 0) is 24.3 Å². The highest BCUT2D eigenvalue weighted by Crippen LogP contribution is 2.15. The normalized spacial score (nSPS) is 12.1. The summed E-state index contributed by atoms with van der Waals surface area (Å²) in [5, 5.41) is 2.36. The Morgan fingerprint density at radius 1 is 1.14 bits per heavy atom. The van der Waals surface area contributed by atoms with Crippen LogP contribution in [0.3, 0.4) is 0 Å². The summed E-state index contributed by atoms with van der Waals surface area (Å²) in [6.07, 6.45) is 0. The van der Waals surface area contributed by atoms with E-state index < -0.39 is 40.4 Å². The lowest BCUT2D eigenvalue weighted by atomic mass is 10.3. The number of carbonyl (C=O) groups is 2. The number of sulfonamides is 1. The lowest BCUT2D eigenvalue weighted by molar-refractivity contribution is -0.148. The molecule has 2 aromatic carbocycles. The fourth-order valence-corrected chi connectivity index (χ4v) is 3.32. The van der Waals surface area contributed by atoms with Crippen LogP contribution in [0.25, 0.3) is 0 Å². The van der Waals surface area contributed by atoms with Gasteiger partial charge in [-0.15, -0.1) is 0 Å². The van der Waals surface area contributed by atoms with Crippen molar-refractivity contribution in [2.75, 3.05) is 19.0 Å². The zero-order chi connectivity index (χ0) is 20.7. The van der Waals surface area contributed by atoms with Gasteiger partial charge in [-0.05, 0) is 49.4 Å². The summed E-state index contributed by atoms with van der Waals surface area (Å²) in [4.78, 5) is 23.7. The Hall–Kier alpha value is -2.98. The highest BCUT2D eigenvalue weighted by Gasteiger charge is 2.23. The number of carbonyl (C=O) groups excluding carboxylic acids is 2. The molecule has 1 atom stereocenters. The molecule has 1 amide bonds. The lowest BCUT2D eigenvalue weighted by Gasteiger charge is -2.14. The van der Waals surface area contributed by atoms with Crippen LogP contribution in [0.4, 0.5) is 10.1 Å². The Balaban J connectivity index is 1.88. The zero-order valence-corrected chi connectivity index (χ0v) is 16.0. The Bertz CT molecular complexity index is 947. The molecule has 0 heterocycles. The minimum Gasteiger partial charge on any atom is -0.497 e. The second-order valence-corrected chi connectivity index (χ2v) is 7.40. The summed E-state index contributed by atoms with van der Waals surface area (Å²) < 4.78 is 49.6. The monoisotopic (exact) mass is 410 g/mol. The van der Waals surface area contributed by atoms with Gasteiger partial charge in [-0.25, -0.2) is 12.8 Å². The molecule has 0 aliphatic heterocycles. The van der Waals surface area contributed by atoms with Crippen LogP contribution in [0.1, 0.15) is 6.92 Å². The Morgan fingerprint density at radius 3 is 2.43 bits per heavy atom. The van der Waals surface area contributed by atoms with E-state index >= 15 is 0 Å². The smallest absolute Gasteiger partial charge is 0.324 e. The third-order valence-corrected chi connectivity index (χ3v) is 5.07. The number of benzene rings is 2. The van der Waals surface area contributed by atoms with Crippen molar-refractivity contribution >= 4 is 27.6 Å². The number of hydrogen-bond donors (Lipinski definition) is 2. The summed E-state index contributed by atoms with van der Waals surface area (Å²) in [5.74, 6) is -1.68. The number of nitrogens with one attached hydrogen (secondary N) is 2. The van der Waals surface area contributed by atoms with Crippen molar-refractivity contribution in [3.05, 3.63) is 54.3 Å². The molecular weight excluding hydrogens is 391 g/mol. The van der Waals surface area contributed by atoms with Gasteiger partial charge in [0.05, 0.1) is 12.0 Å². The molecule has 0 radical (unpaired) electrons. The van der Waals surface area contributed by atoms with Crippen LogP contribution in [0.5, 0.6) is 5.75 Å². The van der Waals surface area contributed by atoms with Crippen molar-refractivity contribution in [1.82, 2.24) is 4.72 Å². The minimum absolute atomic E-state index is 0.0585. The highest BCUT2D eigenvalue weighted by molar-refractivity contribution is 7.89.